The zero-order valence-electron chi connectivity index (χ0n) is 7.44. The molecule has 0 unspecified atom stereocenters. The zero-order chi connectivity index (χ0) is 8.43. The molecule has 0 N–H and O–H groups in total. The van der Waals surface area contributed by atoms with Gasteiger partial charge in [-0.1, -0.05) is 24.8 Å². The fourth-order valence-corrected chi connectivity index (χ4v) is 1.20. The van der Waals surface area contributed by atoms with Crippen molar-refractivity contribution < 1.29 is 0 Å². The lowest BCUT2D eigenvalue weighted by Crippen LogP contribution is -1.88. The second-order valence-electron chi connectivity index (χ2n) is 2.93. The van der Waals surface area contributed by atoms with E-state index in [4.69, 9.17) is 0 Å². The second-order valence-corrected chi connectivity index (χ2v) is 2.93. The van der Waals surface area contributed by atoms with Gasteiger partial charge in [-0.2, -0.15) is 0 Å². The summed E-state index contributed by atoms with van der Waals surface area (Å²) in [4.78, 5) is 0. The van der Waals surface area contributed by atoms with Crippen molar-refractivity contribution in [3.8, 4) is 0 Å². The van der Waals surface area contributed by atoms with E-state index in [1.807, 2.05) is 6.08 Å². The molecule has 0 aliphatic rings. The van der Waals surface area contributed by atoms with Crippen LogP contribution < -0.4 is 0 Å². The Morgan fingerprint density at radius 2 is 1.73 bits per heavy atom. The lowest BCUT2D eigenvalue weighted by atomic mass is 9.99. The molecule has 0 radical (unpaired) electrons. The van der Waals surface area contributed by atoms with Gasteiger partial charge in [0.05, 0.1) is 0 Å². The quantitative estimate of drug-likeness (QED) is 0.570. The van der Waals surface area contributed by atoms with Gasteiger partial charge in [-0.25, -0.2) is 0 Å². The minimum atomic E-state index is 1.24. The molecule has 0 amide bonds. The highest BCUT2D eigenvalue weighted by atomic mass is 14.0. The van der Waals surface area contributed by atoms with Crippen LogP contribution in [-0.2, 0) is 0 Å². The van der Waals surface area contributed by atoms with Crippen molar-refractivity contribution >= 4 is 6.08 Å². The number of benzene rings is 1. The maximum atomic E-state index is 3.76. The van der Waals surface area contributed by atoms with Crippen molar-refractivity contribution in [2.75, 3.05) is 0 Å². The van der Waals surface area contributed by atoms with Gasteiger partial charge in [0.15, 0.2) is 0 Å². The van der Waals surface area contributed by atoms with Crippen molar-refractivity contribution in [3.63, 3.8) is 0 Å². The Balaban J connectivity index is 3.36. The predicted octanol–water partition coefficient (Wildman–Crippen LogP) is 3.25. The van der Waals surface area contributed by atoms with Gasteiger partial charge in [0.2, 0.25) is 0 Å². The summed E-state index contributed by atoms with van der Waals surface area (Å²) in [6.45, 7) is 10.2. The Hall–Kier alpha value is -1.04. The molecule has 58 valence electrons. The molecule has 11 heavy (non-hydrogen) atoms. The third-order valence-corrected chi connectivity index (χ3v) is 2.32. The van der Waals surface area contributed by atoms with Crippen molar-refractivity contribution in [3.05, 3.63) is 41.0 Å². The Morgan fingerprint density at radius 3 is 2.27 bits per heavy atom. The Kier molecular flexibility index (Phi) is 2.13. The highest BCUT2D eigenvalue weighted by Gasteiger charge is 1.98. The predicted molar refractivity (Wildman–Crippen MR) is 50.7 cm³/mol. The van der Waals surface area contributed by atoms with Crippen LogP contribution in [0, 0.1) is 20.8 Å². The molecule has 0 spiro atoms. The van der Waals surface area contributed by atoms with Gasteiger partial charge < -0.3 is 0 Å². The molecule has 0 saturated heterocycles. The normalized spacial score (nSPS) is 9.73. The first-order valence-corrected chi connectivity index (χ1v) is 3.86. The molecular formula is C11H14. The average molecular weight is 146 g/mol. The van der Waals surface area contributed by atoms with Gasteiger partial charge in [0, 0.05) is 0 Å². The minimum Gasteiger partial charge on any atom is -0.0985 e. The van der Waals surface area contributed by atoms with Gasteiger partial charge in [0.1, 0.15) is 0 Å². The van der Waals surface area contributed by atoms with Crippen molar-refractivity contribution in [1.82, 2.24) is 0 Å². The number of hydrogen-bond donors (Lipinski definition) is 0. The van der Waals surface area contributed by atoms with E-state index in [2.05, 4.69) is 39.5 Å². The standard InChI is InChI=1S/C11H14/c1-5-11-7-6-8(2)9(3)10(11)4/h5-7H,1H2,2-4H3. The van der Waals surface area contributed by atoms with Crippen LogP contribution >= 0.6 is 0 Å². The summed E-state index contributed by atoms with van der Waals surface area (Å²) in [6.07, 6.45) is 1.90. The second kappa shape index (κ2) is 2.91. The lowest BCUT2D eigenvalue weighted by molar-refractivity contribution is 1.26. The minimum absolute atomic E-state index is 1.24. The van der Waals surface area contributed by atoms with Crippen LogP contribution in [0.25, 0.3) is 6.08 Å². The summed E-state index contributed by atoms with van der Waals surface area (Å²) in [6, 6.07) is 4.25. The first-order valence-electron chi connectivity index (χ1n) is 3.86. The van der Waals surface area contributed by atoms with Crippen LogP contribution in [0.3, 0.4) is 0 Å². The summed E-state index contributed by atoms with van der Waals surface area (Å²) in [5.41, 5.74) is 5.32. The first kappa shape index (κ1) is 8.06. The van der Waals surface area contributed by atoms with Crippen molar-refractivity contribution in [2.45, 2.75) is 20.8 Å². The maximum absolute atomic E-state index is 3.76. The molecule has 0 atom stereocenters. The van der Waals surface area contributed by atoms with Crippen LogP contribution in [0.2, 0.25) is 0 Å². The van der Waals surface area contributed by atoms with E-state index in [1.54, 1.807) is 0 Å². The van der Waals surface area contributed by atoms with Crippen molar-refractivity contribution in [2.24, 2.45) is 0 Å². The van der Waals surface area contributed by atoms with Crippen molar-refractivity contribution in [1.29, 1.82) is 0 Å². The summed E-state index contributed by atoms with van der Waals surface area (Å²) in [5, 5.41) is 0. The van der Waals surface area contributed by atoms with Crippen LogP contribution in [0.5, 0.6) is 0 Å². The largest absolute Gasteiger partial charge is 0.0985 e. The highest BCUT2D eigenvalue weighted by molar-refractivity contribution is 5.55. The Morgan fingerprint density at radius 1 is 1.09 bits per heavy atom. The van der Waals surface area contributed by atoms with Crippen LogP contribution in [0.4, 0.5) is 0 Å². The fourth-order valence-electron chi connectivity index (χ4n) is 1.20. The third-order valence-electron chi connectivity index (χ3n) is 2.32. The van der Waals surface area contributed by atoms with Crippen LogP contribution in [0.15, 0.2) is 18.7 Å². The molecule has 0 fully saturated rings. The lowest BCUT2D eigenvalue weighted by Gasteiger charge is -2.06. The van der Waals surface area contributed by atoms with E-state index in [9.17, 15) is 0 Å². The zero-order valence-corrected chi connectivity index (χ0v) is 7.44. The summed E-state index contributed by atoms with van der Waals surface area (Å²) in [5.74, 6) is 0. The molecule has 0 aliphatic carbocycles. The molecule has 0 aliphatic heterocycles. The molecule has 0 heterocycles. The summed E-state index contributed by atoms with van der Waals surface area (Å²) in [7, 11) is 0. The van der Waals surface area contributed by atoms with E-state index in [0.717, 1.165) is 0 Å². The van der Waals surface area contributed by atoms with Crippen LogP contribution in [0.1, 0.15) is 22.3 Å². The van der Waals surface area contributed by atoms with Crippen LogP contribution in [-0.4, -0.2) is 0 Å². The number of rotatable bonds is 1. The molecule has 0 nitrogen and oxygen atoms in total. The van der Waals surface area contributed by atoms with Gasteiger partial charge in [-0.05, 0) is 43.0 Å². The maximum Gasteiger partial charge on any atom is -0.0230 e. The molecule has 1 rings (SSSR count). The Labute approximate surface area is 68.6 Å². The molecule has 1 aromatic rings. The molecule has 0 heteroatoms. The summed E-state index contributed by atoms with van der Waals surface area (Å²) < 4.78 is 0. The third kappa shape index (κ3) is 1.35. The van der Waals surface area contributed by atoms with E-state index in [0.29, 0.717) is 0 Å². The molecular weight excluding hydrogens is 132 g/mol. The average Bonchev–Trinajstić information content (AvgIpc) is 2.01. The van der Waals surface area contributed by atoms with Gasteiger partial charge in [-0.15, -0.1) is 0 Å². The molecule has 1 aromatic carbocycles. The highest BCUT2D eigenvalue weighted by Crippen LogP contribution is 2.17. The Bertz CT molecular complexity index is 282. The topological polar surface area (TPSA) is 0 Å². The fraction of sp³-hybridized carbons (Fsp3) is 0.273. The van der Waals surface area contributed by atoms with E-state index in [-0.39, 0.29) is 0 Å². The number of aryl methyl sites for hydroxylation is 1. The smallest absolute Gasteiger partial charge is 0.0230 e. The number of hydrogen-bond acceptors (Lipinski definition) is 0. The van der Waals surface area contributed by atoms with Gasteiger partial charge in [0.25, 0.3) is 0 Å². The van der Waals surface area contributed by atoms with Gasteiger partial charge >= 0.3 is 0 Å². The van der Waals surface area contributed by atoms with E-state index in [1.165, 1.54) is 22.3 Å². The molecule has 0 aromatic heterocycles. The van der Waals surface area contributed by atoms with Gasteiger partial charge in [-0.3, -0.25) is 0 Å². The van der Waals surface area contributed by atoms with E-state index < -0.39 is 0 Å². The van der Waals surface area contributed by atoms with E-state index >= 15 is 0 Å². The SMILES string of the molecule is C=Cc1ccc(C)c(C)c1C. The monoisotopic (exact) mass is 146 g/mol. The first-order chi connectivity index (χ1) is 5.16. The summed E-state index contributed by atoms with van der Waals surface area (Å²) >= 11 is 0. The molecule has 0 bridgehead atoms. The molecule has 0 saturated carbocycles.